The van der Waals surface area contributed by atoms with Crippen LogP contribution in [-0.2, 0) is 0 Å². The van der Waals surface area contributed by atoms with Crippen molar-refractivity contribution in [1.29, 1.82) is 0 Å². The molecule has 2 heterocycles. The van der Waals surface area contributed by atoms with Gasteiger partial charge in [0, 0.05) is 55.5 Å². The van der Waals surface area contributed by atoms with Gasteiger partial charge in [-0.3, -0.25) is 0 Å². The molecular weight excluding hydrogens is 719 g/mol. The fourth-order valence-corrected chi connectivity index (χ4v) is 9.12. The summed E-state index contributed by atoms with van der Waals surface area (Å²) >= 11 is 0. The van der Waals surface area contributed by atoms with Crippen LogP contribution < -0.4 is 4.90 Å². The summed E-state index contributed by atoms with van der Waals surface area (Å²) in [5, 5.41) is 9.28. The maximum atomic E-state index is 6.80. The molecular formula is C56H35NO2. The van der Waals surface area contributed by atoms with Gasteiger partial charge < -0.3 is 13.7 Å². The molecule has 3 nitrogen and oxygen atoms in total. The molecule has 2 aromatic heterocycles. The average molecular weight is 754 g/mol. The van der Waals surface area contributed by atoms with Crippen molar-refractivity contribution in [2.75, 3.05) is 4.90 Å². The Balaban J connectivity index is 1.05. The maximum Gasteiger partial charge on any atom is 0.143 e. The summed E-state index contributed by atoms with van der Waals surface area (Å²) in [6, 6.07) is 75.5. The van der Waals surface area contributed by atoms with Gasteiger partial charge in [-0.2, -0.15) is 0 Å². The number of fused-ring (bicyclic) bond motifs is 9. The van der Waals surface area contributed by atoms with Crippen LogP contribution in [0.3, 0.4) is 0 Å². The van der Waals surface area contributed by atoms with E-state index in [2.05, 4.69) is 205 Å². The van der Waals surface area contributed by atoms with Gasteiger partial charge >= 0.3 is 0 Å². The van der Waals surface area contributed by atoms with Crippen LogP contribution >= 0.6 is 0 Å². The van der Waals surface area contributed by atoms with Crippen molar-refractivity contribution >= 4 is 82.5 Å². The van der Waals surface area contributed by atoms with E-state index in [9.17, 15) is 0 Å². The zero-order valence-electron chi connectivity index (χ0n) is 32.0. The first-order valence-electron chi connectivity index (χ1n) is 20.1. The van der Waals surface area contributed by atoms with Gasteiger partial charge in [-0.25, -0.2) is 0 Å². The largest absolute Gasteiger partial charge is 0.455 e. The van der Waals surface area contributed by atoms with Crippen molar-refractivity contribution < 1.29 is 8.83 Å². The molecule has 0 N–H and O–H groups in total. The summed E-state index contributed by atoms with van der Waals surface area (Å²) in [5.41, 5.74) is 13.4. The van der Waals surface area contributed by atoms with Crippen LogP contribution in [0.25, 0.3) is 98.8 Å². The van der Waals surface area contributed by atoms with E-state index in [0.717, 1.165) is 94.3 Å². The first kappa shape index (κ1) is 33.3. The Labute approximate surface area is 340 Å². The van der Waals surface area contributed by atoms with Crippen LogP contribution in [0.5, 0.6) is 0 Å². The Hall–Kier alpha value is -7.88. The topological polar surface area (TPSA) is 29.5 Å². The minimum atomic E-state index is 0.848. The molecule has 0 radical (unpaired) electrons. The fourth-order valence-electron chi connectivity index (χ4n) is 9.12. The van der Waals surface area contributed by atoms with Crippen molar-refractivity contribution in [3.63, 3.8) is 0 Å². The van der Waals surface area contributed by atoms with E-state index in [4.69, 9.17) is 8.83 Å². The molecule has 0 saturated heterocycles. The molecule has 3 heteroatoms. The van der Waals surface area contributed by atoms with Gasteiger partial charge in [0.05, 0.1) is 5.69 Å². The molecule has 0 amide bonds. The summed E-state index contributed by atoms with van der Waals surface area (Å²) in [6.07, 6.45) is 0. The Bertz CT molecular complexity index is 3540. The molecule has 12 aromatic rings. The summed E-state index contributed by atoms with van der Waals surface area (Å²) in [6.45, 7) is 0. The normalized spacial score (nSPS) is 11.7. The van der Waals surface area contributed by atoms with Gasteiger partial charge in [-0.05, 0) is 80.9 Å². The molecule has 10 aromatic carbocycles. The summed E-state index contributed by atoms with van der Waals surface area (Å²) in [5.74, 6) is 0. The molecule has 59 heavy (non-hydrogen) atoms. The zero-order chi connectivity index (χ0) is 38.9. The van der Waals surface area contributed by atoms with Gasteiger partial charge in [0.2, 0.25) is 0 Å². The van der Waals surface area contributed by atoms with E-state index in [-0.39, 0.29) is 0 Å². The van der Waals surface area contributed by atoms with Crippen LogP contribution in [0.4, 0.5) is 17.1 Å². The molecule has 0 saturated carbocycles. The minimum absolute atomic E-state index is 0.848. The van der Waals surface area contributed by atoms with E-state index < -0.39 is 0 Å². The third-order valence-electron chi connectivity index (χ3n) is 11.9. The molecule has 0 aliphatic rings. The van der Waals surface area contributed by atoms with Gasteiger partial charge in [0.1, 0.15) is 22.3 Å². The number of anilines is 3. The van der Waals surface area contributed by atoms with E-state index in [1.54, 1.807) is 0 Å². The zero-order valence-corrected chi connectivity index (χ0v) is 32.0. The highest BCUT2D eigenvalue weighted by atomic mass is 16.3. The van der Waals surface area contributed by atoms with Gasteiger partial charge in [-0.1, -0.05) is 164 Å². The number of hydrogen-bond donors (Lipinski definition) is 0. The van der Waals surface area contributed by atoms with Crippen LogP contribution in [0, 0.1) is 0 Å². The molecule has 0 atom stereocenters. The van der Waals surface area contributed by atoms with Gasteiger partial charge in [0.25, 0.3) is 0 Å². The lowest BCUT2D eigenvalue weighted by atomic mass is 9.94. The Kier molecular flexibility index (Phi) is 7.54. The molecule has 276 valence electrons. The number of rotatable bonds is 6. The van der Waals surface area contributed by atoms with E-state index >= 15 is 0 Å². The van der Waals surface area contributed by atoms with Crippen molar-refractivity contribution in [2.24, 2.45) is 0 Å². The predicted molar refractivity (Wildman–Crippen MR) is 247 cm³/mol. The number of nitrogens with zero attached hydrogens (tertiary/aromatic N) is 1. The van der Waals surface area contributed by atoms with E-state index in [0.29, 0.717) is 0 Å². The van der Waals surface area contributed by atoms with Crippen molar-refractivity contribution in [3.05, 3.63) is 212 Å². The molecule has 0 aliphatic heterocycles. The molecule has 0 unspecified atom stereocenters. The lowest BCUT2D eigenvalue weighted by Crippen LogP contribution is -2.10. The quantitative estimate of drug-likeness (QED) is 0.158. The number of benzene rings is 10. The highest BCUT2D eigenvalue weighted by Gasteiger charge is 2.21. The third kappa shape index (κ3) is 5.36. The number of furan rings is 2. The first-order valence-corrected chi connectivity index (χ1v) is 20.1. The van der Waals surface area contributed by atoms with Crippen LogP contribution in [-0.4, -0.2) is 0 Å². The highest BCUT2D eigenvalue weighted by Crippen LogP contribution is 2.46. The second kappa shape index (κ2) is 13.4. The standard InChI is InChI=1S/C56H35NO2/c1-3-13-36(14-4-1)44-20-11-22-49-48-32-30-41(35-53(48)59-55(44)49)57(51-23-12-21-46-42-18-8-7-17-38(42)27-31-47(46)51)40-28-25-39(26-29-40)43-33-34-45(37-15-5-2-6-16-37)56-54(43)50-19-9-10-24-52(50)58-56/h1-35H. The Morgan fingerprint density at radius 2 is 0.898 bits per heavy atom. The maximum absolute atomic E-state index is 6.80. The molecule has 0 aliphatic carbocycles. The van der Waals surface area contributed by atoms with Gasteiger partial charge in [-0.15, -0.1) is 0 Å². The van der Waals surface area contributed by atoms with Crippen molar-refractivity contribution in [2.45, 2.75) is 0 Å². The summed E-state index contributed by atoms with van der Waals surface area (Å²) in [7, 11) is 0. The van der Waals surface area contributed by atoms with E-state index in [1.165, 1.54) is 21.5 Å². The fraction of sp³-hybridized carbons (Fsp3) is 0. The van der Waals surface area contributed by atoms with Crippen molar-refractivity contribution in [1.82, 2.24) is 0 Å². The monoisotopic (exact) mass is 753 g/mol. The highest BCUT2D eigenvalue weighted by molar-refractivity contribution is 6.17. The third-order valence-corrected chi connectivity index (χ3v) is 11.9. The molecule has 0 spiro atoms. The van der Waals surface area contributed by atoms with Gasteiger partial charge in [0.15, 0.2) is 0 Å². The second-order valence-corrected chi connectivity index (χ2v) is 15.2. The average Bonchev–Trinajstić information content (AvgIpc) is 3.89. The van der Waals surface area contributed by atoms with Crippen LogP contribution in [0.1, 0.15) is 0 Å². The summed E-state index contributed by atoms with van der Waals surface area (Å²) < 4.78 is 13.4. The van der Waals surface area contributed by atoms with Crippen LogP contribution in [0.15, 0.2) is 221 Å². The lowest BCUT2D eigenvalue weighted by molar-refractivity contribution is 0.669. The number of para-hydroxylation sites is 2. The van der Waals surface area contributed by atoms with E-state index in [1.807, 2.05) is 12.1 Å². The molecule has 0 fully saturated rings. The lowest BCUT2D eigenvalue weighted by Gasteiger charge is -2.27. The van der Waals surface area contributed by atoms with Crippen molar-refractivity contribution in [3.8, 4) is 33.4 Å². The molecule has 12 rings (SSSR count). The second-order valence-electron chi connectivity index (χ2n) is 15.2. The minimum Gasteiger partial charge on any atom is -0.455 e. The summed E-state index contributed by atoms with van der Waals surface area (Å²) in [4.78, 5) is 2.37. The smallest absolute Gasteiger partial charge is 0.143 e. The number of hydrogen-bond acceptors (Lipinski definition) is 3. The Morgan fingerprint density at radius 1 is 0.305 bits per heavy atom. The SMILES string of the molecule is c1ccc(-c2cccc3c2oc2cc(N(c4ccc(-c5ccc(-c6ccccc6)c6oc7ccccc7c56)cc4)c4cccc5c4ccc4ccccc45)ccc23)cc1. The molecule has 0 bridgehead atoms. The Morgan fingerprint density at radius 3 is 1.71 bits per heavy atom. The predicted octanol–water partition coefficient (Wildman–Crippen LogP) is 16.3. The van der Waals surface area contributed by atoms with Crippen LogP contribution in [0.2, 0.25) is 0 Å². The first-order chi connectivity index (χ1) is 29.3.